The van der Waals surface area contributed by atoms with Gasteiger partial charge in [-0.05, 0) is 25.3 Å². The Kier molecular flexibility index (Phi) is 6.31. The summed E-state index contributed by atoms with van der Waals surface area (Å²) in [6, 6.07) is 9.85. The molecule has 0 spiro atoms. The first-order valence-electron chi connectivity index (χ1n) is 10.3. The Labute approximate surface area is 183 Å². The minimum atomic E-state index is -0.453. The van der Waals surface area contributed by atoms with Crippen molar-refractivity contribution in [2.24, 2.45) is 5.92 Å². The average Bonchev–Trinajstić information content (AvgIpc) is 3.23. The van der Waals surface area contributed by atoms with Gasteiger partial charge in [0.25, 0.3) is 5.56 Å². The summed E-state index contributed by atoms with van der Waals surface area (Å²) in [6.07, 6.45) is 1.50. The van der Waals surface area contributed by atoms with E-state index in [9.17, 15) is 14.4 Å². The van der Waals surface area contributed by atoms with Gasteiger partial charge in [0, 0.05) is 24.0 Å². The monoisotopic (exact) mass is 440 g/mol. The Morgan fingerprint density at radius 1 is 1.32 bits per heavy atom. The van der Waals surface area contributed by atoms with Crippen LogP contribution >= 0.6 is 11.3 Å². The maximum absolute atomic E-state index is 12.7. The predicted octanol–water partition coefficient (Wildman–Crippen LogP) is 2.55. The second kappa shape index (κ2) is 9.30. The third-order valence-electron chi connectivity index (χ3n) is 5.30. The van der Waals surface area contributed by atoms with Crippen LogP contribution in [-0.2, 0) is 14.3 Å². The minimum Gasteiger partial charge on any atom is -0.465 e. The van der Waals surface area contributed by atoms with Crippen LogP contribution in [0.1, 0.15) is 19.8 Å². The zero-order chi connectivity index (χ0) is 21.8. The molecule has 31 heavy (non-hydrogen) atoms. The molecule has 2 aromatic heterocycles. The number of benzene rings is 1. The Bertz CT molecular complexity index is 1140. The van der Waals surface area contributed by atoms with Crippen molar-refractivity contribution in [2.75, 3.05) is 31.1 Å². The van der Waals surface area contributed by atoms with Gasteiger partial charge in [0.05, 0.1) is 18.0 Å². The SMILES string of the molecule is CCOC(=O)CNC(=O)C1CCCN(c2nc3c(-c4ccccc4)csc3c(=O)[nH]2)C1. The van der Waals surface area contributed by atoms with Gasteiger partial charge in [-0.25, -0.2) is 4.98 Å². The van der Waals surface area contributed by atoms with E-state index in [0.717, 1.165) is 17.5 Å². The molecule has 3 aromatic rings. The minimum absolute atomic E-state index is 0.139. The number of aromatic nitrogens is 2. The molecular formula is C22H24N4O4S. The highest BCUT2D eigenvalue weighted by Crippen LogP contribution is 2.32. The molecule has 1 aliphatic heterocycles. The second-order valence-corrected chi connectivity index (χ2v) is 8.27. The quantitative estimate of drug-likeness (QED) is 0.571. The second-order valence-electron chi connectivity index (χ2n) is 7.39. The third-order valence-corrected chi connectivity index (χ3v) is 6.27. The lowest BCUT2D eigenvalue weighted by molar-refractivity contribution is -0.143. The van der Waals surface area contributed by atoms with Gasteiger partial charge in [-0.3, -0.25) is 19.4 Å². The van der Waals surface area contributed by atoms with Crippen molar-refractivity contribution >= 4 is 39.4 Å². The molecule has 0 aliphatic carbocycles. The summed E-state index contributed by atoms with van der Waals surface area (Å²) in [5.74, 6) is -0.469. The van der Waals surface area contributed by atoms with Crippen LogP contribution in [0.4, 0.5) is 5.95 Å². The number of carbonyl (C=O) groups is 2. The fourth-order valence-electron chi connectivity index (χ4n) is 3.79. The molecule has 2 N–H and O–H groups in total. The summed E-state index contributed by atoms with van der Waals surface area (Å²) in [5, 5.41) is 4.60. The Morgan fingerprint density at radius 2 is 2.13 bits per heavy atom. The van der Waals surface area contributed by atoms with Crippen molar-refractivity contribution in [2.45, 2.75) is 19.8 Å². The molecule has 1 amide bonds. The molecule has 0 radical (unpaired) electrons. The van der Waals surface area contributed by atoms with Gasteiger partial charge in [0.1, 0.15) is 11.2 Å². The maximum atomic E-state index is 12.7. The van der Waals surface area contributed by atoms with Gasteiger partial charge in [-0.2, -0.15) is 0 Å². The van der Waals surface area contributed by atoms with Crippen LogP contribution < -0.4 is 15.8 Å². The van der Waals surface area contributed by atoms with Crippen LogP contribution in [0.15, 0.2) is 40.5 Å². The molecule has 1 aliphatic rings. The van der Waals surface area contributed by atoms with Gasteiger partial charge in [0.15, 0.2) is 0 Å². The molecule has 1 saturated heterocycles. The summed E-state index contributed by atoms with van der Waals surface area (Å²) in [7, 11) is 0. The van der Waals surface area contributed by atoms with Gasteiger partial charge in [0.2, 0.25) is 11.9 Å². The number of fused-ring (bicyclic) bond motifs is 1. The van der Waals surface area contributed by atoms with Crippen LogP contribution in [0, 0.1) is 5.92 Å². The van der Waals surface area contributed by atoms with E-state index in [2.05, 4.69) is 10.3 Å². The van der Waals surface area contributed by atoms with E-state index in [-0.39, 0.29) is 30.5 Å². The van der Waals surface area contributed by atoms with Gasteiger partial charge >= 0.3 is 5.97 Å². The zero-order valence-electron chi connectivity index (χ0n) is 17.2. The Balaban J connectivity index is 1.55. The topological polar surface area (TPSA) is 104 Å². The number of nitrogens with one attached hydrogen (secondary N) is 2. The van der Waals surface area contributed by atoms with E-state index in [1.54, 1.807) is 6.92 Å². The highest BCUT2D eigenvalue weighted by Gasteiger charge is 2.28. The predicted molar refractivity (Wildman–Crippen MR) is 120 cm³/mol. The van der Waals surface area contributed by atoms with Crippen LogP contribution in [0.3, 0.4) is 0 Å². The van der Waals surface area contributed by atoms with E-state index in [0.29, 0.717) is 35.7 Å². The molecule has 162 valence electrons. The first-order chi connectivity index (χ1) is 15.1. The number of nitrogens with zero attached hydrogens (tertiary/aromatic N) is 2. The van der Waals surface area contributed by atoms with Crippen LogP contribution in [0.25, 0.3) is 21.3 Å². The third kappa shape index (κ3) is 4.61. The molecule has 1 atom stereocenters. The fourth-order valence-corrected chi connectivity index (χ4v) is 4.70. The van der Waals surface area contributed by atoms with Gasteiger partial charge in [-0.1, -0.05) is 30.3 Å². The first-order valence-corrected chi connectivity index (χ1v) is 11.2. The molecule has 9 heteroatoms. The molecule has 3 heterocycles. The van der Waals surface area contributed by atoms with Crippen molar-refractivity contribution in [1.29, 1.82) is 0 Å². The fraction of sp³-hybridized carbons (Fsp3) is 0.364. The van der Waals surface area contributed by atoms with Gasteiger partial charge in [-0.15, -0.1) is 11.3 Å². The van der Waals surface area contributed by atoms with E-state index in [1.165, 1.54) is 11.3 Å². The Hall–Kier alpha value is -3.20. The number of thiophene rings is 1. The maximum Gasteiger partial charge on any atom is 0.325 e. The molecular weight excluding hydrogens is 416 g/mol. The van der Waals surface area contributed by atoms with E-state index < -0.39 is 5.97 Å². The number of esters is 1. The summed E-state index contributed by atoms with van der Waals surface area (Å²) in [5.41, 5.74) is 2.42. The highest BCUT2D eigenvalue weighted by atomic mass is 32.1. The number of anilines is 1. The summed E-state index contributed by atoms with van der Waals surface area (Å²) in [4.78, 5) is 46.3. The number of aromatic amines is 1. The Morgan fingerprint density at radius 3 is 2.90 bits per heavy atom. The van der Waals surface area contributed by atoms with Crippen molar-refractivity contribution in [3.8, 4) is 11.1 Å². The first kappa shape index (κ1) is 21.0. The number of H-pyrrole nitrogens is 1. The summed E-state index contributed by atoms with van der Waals surface area (Å²) >= 11 is 1.38. The molecule has 1 fully saturated rings. The van der Waals surface area contributed by atoms with Crippen molar-refractivity contribution in [3.63, 3.8) is 0 Å². The number of carbonyl (C=O) groups excluding carboxylic acids is 2. The summed E-state index contributed by atoms with van der Waals surface area (Å²) < 4.78 is 5.44. The highest BCUT2D eigenvalue weighted by molar-refractivity contribution is 7.17. The van der Waals surface area contributed by atoms with E-state index in [4.69, 9.17) is 9.72 Å². The number of ether oxygens (including phenoxy) is 1. The molecule has 4 rings (SSSR count). The largest absolute Gasteiger partial charge is 0.465 e. The standard InChI is InChI=1S/C22H24N4O4S/c1-2-30-17(27)11-23-20(28)15-9-6-10-26(12-15)22-24-18-16(14-7-4-3-5-8-14)13-31-19(18)21(29)25-22/h3-5,7-8,13,15H,2,6,9-12H2,1H3,(H,23,28)(H,24,25,29). The number of piperidine rings is 1. The smallest absolute Gasteiger partial charge is 0.325 e. The van der Waals surface area contributed by atoms with Crippen molar-refractivity contribution in [3.05, 3.63) is 46.1 Å². The van der Waals surface area contributed by atoms with Crippen molar-refractivity contribution < 1.29 is 14.3 Å². The van der Waals surface area contributed by atoms with Gasteiger partial charge < -0.3 is 15.0 Å². The van der Waals surface area contributed by atoms with Crippen LogP contribution in [0.5, 0.6) is 0 Å². The number of amides is 1. The normalized spacial score (nSPS) is 16.3. The van der Waals surface area contributed by atoms with E-state index in [1.807, 2.05) is 40.6 Å². The zero-order valence-corrected chi connectivity index (χ0v) is 18.0. The van der Waals surface area contributed by atoms with E-state index >= 15 is 0 Å². The lowest BCUT2D eigenvalue weighted by Crippen LogP contribution is -2.45. The lowest BCUT2D eigenvalue weighted by atomic mass is 9.97. The number of hydrogen-bond acceptors (Lipinski definition) is 7. The van der Waals surface area contributed by atoms with Crippen molar-refractivity contribution in [1.82, 2.24) is 15.3 Å². The lowest BCUT2D eigenvalue weighted by Gasteiger charge is -2.32. The molecule has 1 unspecified atom stereocenters. The molecule has 0 bridgehead atoms. The molecule has 0 saturated carbocycles. The average molecular weight is 441 g/mol. The number of rotatable bonds is 6. The number of hydrogen-bond donors (Lipinski definition) is 2. The molecule has 1 aromatic carbocycles. The van der Waals surface area contributed by atoms with Crippen LogP contribution in [-0.4, -0.2) is 48.1 Å². The molecule has 8 nitrogen and oxygen atoms in total. The summed E-state index contributed by atoms with van der Waals surface area (Å²) in [6.45, 7) is 2.98. The van der Waals surface area contributed by atoms with Crippen LogP contribution in [0.2, 0.25) is 0 Å².